The van der Waals surface area contributed by atoms with Gasteiger partial charge in [-0.3, -0.25) is 0 Å². The second-order valence-corrected chi connectivity index (χ2v) is 3.25. The van der Waals surface area contributed by atoms with Crippen LogP contribution in [-0.2, 0) is 14.2 Å². The Hall–Kier alpha value is -0.200. The van der Waals surface area contributed by atoms with Crippen molar-refractivity contribution in [2.45, 2.75) is 12.5 Å². The monoisotopic (exact) mass is 221 g/mol. The summed E-state index contributed by atoms with van der Waals surface area (Å²) in [5.41, 5.74) is 0. The topological polar surface area (TPSA) is 60.0 Å². The second kappa shape index (κ2) is 11.9. The van der Waals surface area contributed by atoms with Crippen LogP contribution in [-0.4, -0.2) is 64.9 Å². The fraction of sp³-hybridized carbons (Fsp3) is 1.00. The molecule has 0 heterocycles. The Balaban J connectivity index is 3.14. The number of aliphatic hydroxyl groups excluding tert-OH is 1. The van der Waals surface area contributed by atoms with E-state index in [0.717, 1.165) is 19.6 Å². The van der Waals surface area contributed by atoms with Crippen molar-refractivity contribution in [3.8, 4) is 0 Å². The van der Waals surface area contributed by atoms with E-state index in [1.165, 1.54) is 0 Å². The third-order valence-corrected chi connectivity index (χ3v) is 1.90. The maximum atomic E-state index is 8.93. The lowest BCUT2D eigenvalue weighted by Crippen LogP contribution is -2.38. The predicted molar refractivity (Wildman–Crippen MR) is 58.1 cm³/mol. The molecule has 0 fully saturated rings. The molecule has 0 saturated heterocycles. The van der Waals surface area contributed by atoms with Gasteiger partial charge < -0.3 is 24.6 Å². The first-order valence-corrected chi connectivity index (χ1v) is 5.25. The SMILES string of the molecule is COCCCOCCNC(CO)COC. The molecule has 0 bridgehead atoms. The second-order valence-electron chi connectivity index (χ2n) is 3.25. The third kappa shape index (κ3) is 10.1. The van der Waals surface area contributed by atoms with E-state index in [-0.39, 0.29) is 12.6 Å². The molecule has 0 spiro atoms. The van der Waals surface area contributed by atoms with Gasteiger partial charge in [-0.15, -0.1) is 0 Å². The van der Waals surface area contributed by atoms with Crippen molar-refractivity contribution in [1.82, 2.24) is 5.32 Å². The minimum atomic E-state index is -0.00225. The number of rotatable bonds is 11. The molecule has 0 radical (unpaired) electrons. The van der Waals surface area contributed by atoms with Crippen LogP contribution in [0.3, 0.4) is 0 Å². The van der Waals surface area contributed by atoms with E-state index in [9.17, 15) is 0 Å². The Labute approximate surface area is 91.7 Å². The summed E-state index contributed by atoms with van der Waals surface area (Å²) < 4.78 is 15.2. The summed E-state index contributed by atoms with van der Waals surface area (Å²) in [7, 11) is 3.30. The molecule has 0 aliphatic heterocycles. The predicted octanol–water partition coefficient (Wildman–Crippen LogP) is -0.364. The van der Waals surface area contributed by atoms with Gasteiger partial charge in [-0.2, -0.15) is 0 Å². The highest BCUT2D eigenvalue weighted by Crippen LogP contribution is 1.85. The van der Waals surface area contributed by atoms with Gasteiger partial charge >= 0.3 is 0 Å². The summed E-state index contributed by atoms with van der Waals surface area (Å²) >= 11 is 0. The van der Waals surface area contributed by atoms with E-state index in [2.05, 4.69) is 5.32 Å². The van der Waals surface area contributed by atoms with Crippen molar-refractivity contribution < 1.29 is 19.3 Å². The van der Waals surface area contributed by atoms with Gasteiger partial charge in [0.15, 0.2) is 0 Å². The highest BCUT2D eigenvalue weighted by Gasteiger charge is 2.04. The zero-order valence-electron chi connectivity index (χ0n) is 9.70. The molecule has 5 nitrogen and oxygen atoms in total. The number of hydrogen-bond acceptors (Lipinski definition) is 5. The molecule has 0 aliphatic carbocycles. The third-order valence-electron chi connectivity index (χ3n) is 1.90. The van der Waals surface area contributed by atoms with Crippen molar-refractivity contribution in [2.75, 3.05) is 53.8 Å². The van der Waals surface area contributed by atoms with Crippen molar-refractivity contribution >= 4 is 0 Å². The van der Waals surface area contributed by atoms with E-state index in [4.69, 9.17) is 19.3 Å². The molecule has 0 rings (SSSR count). The molecule has 1 unspecified atom stereocenters. The standard InChI is InChI=1S/C10H23NO4/c1-13-5-3-6-15-7-4-11-10(8-12)9-14-2/h10-12H,3-9H2,1-2H3. The Morgan fingerprint density at radius 1 is 1.13 bits per heavy atom. The maximum absolute atomic E-state index is 8.93. The number of nitrogens with one attached hydrogen (secondary N) is 1. The van der Waals surface area contributed by atoms with Gasteiger partial charge in [0.05, 0.1) is 25.9 Å². The van der Waals surface area contributed by atoms with Gasteiger partial charge in [0.25, 0.3) is 0 Å². The smallest absolute Gasteiger partial charge is 0.0638 e. The highest BCUT2D eigenvalue weighted by atomic mass is 16.5. The van der Waals surface area contributed by atoms with Crippen LogP contribution >= 0.6 is 0 Å². The van der Waals surface area contributed by atoms with E-state index < -0.39 is 0 Å². The lowest BCUT2D eigenvalue weighted by Gasteiger charge is -2.14. The normalized spacial score (nSPS) is 13.0. The van der Waals surface area contributed by atoms with Crippen LogP contribution in [0.4, 0.5) is 0 Å². The highest BCUT2D eigenvalue weighted by molar-refractivity contribution is 4.63. The fourth-order valence-electron chi connectivity index (χ4n) is 1.12. The minimum Gasteiger partial charge on any atom is -0.395 e. The van der Waals surface area contributed by atoms with Gasteiger partial charge in [-0.25, -0.2) is 0 Å². The van der Waals surface area contributed by atoms with Crippen LogP contribution in [0, 0.1) is 0 Å². The van der Waals surface area contributed by atoms with Crippen molar-refractivity contribution in [3.05, 3.63) is 0 Å². The summed E-state index contributed by atoms with van der Waals surface area (Å²) in [6.45, 7) is 3.41. The van der Waals surface area contributed by atoms with Gasteiger partial charge in [0, 0.05) is 34.0 Å². The lowest BCUT2D eigenvalue weighted by molar-refractivity contribution is 0.0922. The molecule has 0 saturated carbocycles. The van der Waals surface area contributed by atoms with E-state index in [1.807, 2.05) is 0 Å². The van der Waals surface area contributed by atoms with E-state index in [1.54, 1.807) is 14.2 Å². The summed E-state index contributed by atoms with van der Waals surface area (Å²) in [6, 6.07) is -0.00225. The van der Waals surface area contributed by atoms with Crippen LogP contribution in [0.15, 0.2) is 0 Å². The molecule has 0 aromatic heterocycles. The Kier molecular flexibility index (Phi) is 11.7. The van der Waals surface area contributed by atoms with Crippen LogP contribution in [0.1, 0.15) is 6.42 Å². The molecule has 15 heavy (non-hydrogen) atoms. The summed E-state index contributed by atoms with van der Waals surface area (Å²) in [5, 5.41) is 12.1. The Morgan fingerprint density at radius 3 is 2.53 bits per heavy atom. The largest absolute Gasteiger partial charge is 0.395 e. The molecule has 0 aliphatic rings. The molecule has 0 aromatic carbocycles. The lowest BCUT2D eigenvalue weighted by atomic mass is 10.3. The molecular formula is C10H23NO4. The first kappa shape index (κ1) is 14.8. The van der Waals surface area contributed by atoms with Crippen LogP contribution in [0.5, 0.6) is 0 Å². The van der Waals surface area contributed by atoms with Gasteiger partial charge in [-0.05, 0) is 6.42 Å². The van der Waals surface area contributed by atoms with E-state index >= 15 is 0 Å². The summed E-state index contributed by atoms with van der Waals surface area (Å²) in [5.74, 6) is 0. The molecule has 5 heteroatoms. The molecule has 1 atom stereocenters. The van der Waals surface area contributed by atoms with Crippen molar-refractivity contribution in [3.63, 3.8) is 0 Å². The zero-order chi connectivity index (χ0) is 11.4. The van der Waals surface area contributed by atoms with Crippen LogP contribution in [0.25, 0.3) is 0 Å². The average Bonchev–Trinajstić information content (AvgIpc) is 2.26. The number of hydrogen-bond donors (Lipinski definition) is 2. The summed E-state index contributed by atoms with van der Waals surface area (Å²) in [4.78, 5) is 0. The van der Waals surface area contributed by atoms with Crippen molar-refractivity contribution in [2.24, 2.45) is 0 Å². The molecule has 92 valence electrons. The number of aliphatic hydroxyl groups is 1. The van der Waals surface area contributed by atoms with Crippen LogP contribution < -0.4 is 5.32 Å². The first-order chi connectivity index (χ1) is 7.35. The molecular weight excluding hydrogens is 198 g/mol. The molecule has 0 aromatic rings. The van der Waals surface area contributed by atoms with E-state index in [0.29, 0.717) is 19.8 Å². The first-order valence-electron chi connectivity index (χ1n) is 5.25. The summed E-state index contributed by atoms with van der Waals surface area (Å²) in [6.07, 6.45) is 0.915. The Morgan fingerprint density at radius 2 is 1.93 bits per heavy atom. The van der Waals surface area contributed by atoms with Crippen LogP contribution in [0.2, 0.25) is 0 Å². The Bertz CT molecular complexity index is 124. The number of methoxy groups -OCH3 is 2. The fourth-order valence-corrected chi connectivity index (χ4v) is 1.12. The zero-order valence-corrected chi connectivity index (χ0v) is 9.70. The maximum Gasteiger partial charge on any atom is 0.0638 e. The molecule has 0 amide bonds. The van der Waals surface area contributed by atoms with Gasteiger partial charge in [0.2, 0.25) is 0 Å². The van der Waals surface area contributed by atoms with Crippen molar-refractivity contribution in [1.29, 1.82) is 0 Å². The van der Waals surface area contributed by atoms with Gasteiger partial charge in [0.1, 0.15) is 0 Å². The minimum absolute atomic E-state index is 0.00225. The quantitative estimate of drug-likeness (QED) is 0.466. The van der Waals surface area contributed by atoms with Gasteiger partial charge in [-0.1, -0.05) is 0 Å². The number of ether oxygens (including phenoxy) is 3. The average molecular weight is 221 g/mol. The molecule has 2 N–H and O–H groups in total.